The molecule has 5 rings (SSSR count). The Morgan fingerprint density at radius 1 is 1.03 bits per heavy atom. The van der Waals surface area contributed by atoms with Crippen LogP contribution in [-0.4, -0.2) is 33.7 Å². The standard InChI is InChI=1S/C27H24N4O4S/c1-17-23(29-25(35-17)21-11-10-19(33-2)13-24(21)34-3)16-36-27-30-22-9-5-4-8-20(22)26(32)31(27)15-18-7-6-12-28-14-18/h4-14H,15-16H2,1-3H3. The molecule has 0 radical (unpaired) electrons. The maximum Gasteiger partial charge on any atom is 0.262 e. The third-order valence-electron chi connectivity index (χ3n) is 5.76. The molecule has 0 fully saturated rings. The summed E-state index contributed by atoms with van der Waals surface area (Å²) in [5.41, 5.74) is 2.99. The lowest BCUT2D eigenvalue weighted by Gasteiger charge is -2.13. The number of nitrogens with zero attached hydrogens (tertiary/aromatic N) is 4. The highest BCUT2D eigenvalue weighted by molar-refractivity contribution is 7.98. The molecule has 2 aromatic carbocycles. The van der Waals surface area contributed by atoms with Crippen LogP contribution in [0.3, 0.4) is 0 Å². The number of para-hydroxylation sites is 1. The second-order valence-electron chi connectivity index (χ2n) is 8.04. The van der Waals surface area contributed by atoms with Crippen LogP contribution in [0.25, 0.3) is 22.4 Å². The Hall–Kier alpha value is -4.11. The van der Waals surface area contributed by atoms with Gasteiger partial charge in [-0.3, -0.25) is 14.3 Å². The number of fused-ring (bicyclic) bond motifs is 1. The SMILES string of the molecule is COc1ccc(-c2nc(CSc3nc4ccccc4c(=O)n3Cc3cccnc3)c(C)o2)c(OC)c1. The summed E-state index contributed by atoms with van der Waals surface area (Å²) in [5.74, 6) is 2.92. The lowest BCUT2D eigenvalue weighted by Crippen LogP contribution is -2.24. The van der Waals surface area contributed by atoms with E-state index in [0.29, 0.717) is 51.5 Å². The van der Waals surface area contributed by atoms with E-state index in [1.807, 2.05) is 49.4 Å². The van der Waals surface area contributed by atoms with Crippen molar-refractivity contribution in [1.82, 2.24) is 19.5 Å². The van der Waals surface area contributed by atoms with Gasteiger partial charge in [0.15, 0.2) is 5.16 Å². The molecule has 0 saturated heterocycles. The number of rotatable bonds is 8. The molecule has 0 spiro atoms. The summed E-state index contributed by atoms with van der Waals surface area (Å²) in [4.78, 5) is 27.1. The summed E-state index contributed by atoms with van der Waals surface area (Å²) in [6.45, 7) is 2.25. The number of oxazole rings is 1. The molecule has 0 atom stereocenters. The average Bonchev–Trinajstić information content (AvgIpc) is 3.29. The molecule has 9 heteroatoms. The first-order chi connectivity index (χ1) is 17.6. The molecule has 0 unspecified atom stereocenters. The van der Waals surface area contributed by atoms with Gasteiger partial charge in [0.2, 0.25) is 5.89 Å². The fourth-order valence-electron chi connectivity index (χ4n) is 3.86. The molecule has 0 amide bonds. The Balaban J connectivity index is 1.48. The molecule has 182 valence electrons. The summed E-state index contributed by atoms with van der Waals surface area (Å²) in [7, 11) is 3.20. The fourth-order valence-corrected chi connectivity index (χ4v) is 4.86. The fraction of sp³-hybridized carbons (Fsp3) is 0.185. The molecule has 0 N–H and O–H groups in total. The number of benzene rings is 2. The van der Waals surface area contributed by atoms with Gasteiger partial charge in [-0.05, 0) is 42.8 Å². The molecule has 0 saturated carbocycles. The van der Waals surface area contributed by atoms with Crippen LogP contribution in [0.2, 0.25) is 0 Å². The second-order valence-corrected chi connectivity index (χ2v) is 8.98. The Labute approximate surface area is 212 Å². The molecule has 3 aromatic heterocycles. The van der Waals surface area contributed by atoms with Crippen LogP contribution < -0.4 is 15.0 Å². The molecule has 0 aliphatic carbocycles. The van der Waals surface area contributed by atoms with Gasteiger partial charge in [0, 0.05) is 24.2 Å². The van der Waals surface area contributed by atoms with Crippen LogP contribution in [0.1, 0.15) is 17.0 Å². The second kappa shape index (κ2) is 10.2. The molecule has 36 heavy (non-hydrogen) atoms. The Bertz CT molecular complexity index is 1580. The van der Waals surface area contributed by atoms with Gasteiger partial charge in [-0.15, -0.1) is 0 Å². The highest BCUT2D eigenvalue weighted by Gasteiger charge is 2.18. The van der Waals surface area contributed by atoms with Crippen molar-refractivity contribution in [2.45, 2.75) is 24.4 Å². The first-order valence-electron chi connectivity index (χ1n) is 11.3. The van der Waals surface area contributed by atoms with Crippen molar-refractivity contribution in [3.05, 3.63) is 94.4 Å². The number of hydrogen-bond donors (Lipinski definition) is 0. The smallest absolute Gasteiger partial charge is 0.262 e. The van der Waals surface area contributed by atoms with Crippen LogP contribution in [-0.2, 0) is 12.3 Å². The number of pyridine rings is 1. The average molecular weight is 501 g/mol. The van der Waals surface area contributed by atoms with Gasteiger partial charge in [0.1, 0.15) is 17.3 Å². The number of thioether (sulfide) groups is 1. The summed E-state index contributed by atoms with van der Waals surface area (Å²) in [6.07, 6.45) is 3.47. The van der Waals surface area contributed by atoms with Gasteiger partial charge in [-0.25, -0.2) is 9.97 Å². The van der Waals surface area contributed by atoms with Gasteiger partial charge in [0.25, 0.3) is 5.56 Å². The largest absolute Gasteiger partial charge is 0.497 e. The zero-order chi connectivity index (χ0) is 25.1. The van der Waals surface area contributed by atoms with Crippen LogP contribution in [0, 0.1) is 6.92 Å². The minimum absolute atomic E-state index is 0.0903. The summed E-state index contributed by atoms with van der Waals surface area (Å²) < 4.78 is 18.5. The van der Waals surface area contributed by atoms with Crippen molar-refractivity contribution < 1.29 is 13.9 Å². The van der Waals surface area contributed by atoms with E-state index < -0.39 is 0 Å². The van der Waals surface area contributed by atoms with E-state index >= 15 is 0 Å². The summed E-state index contributed by atoms with van der Waals surface area (Å²) >= 11 is 1.44. The first-order valence-corrected chi connectivity index (χ1v) is 12.3. The van der Waals surface area contributed by atoms with Crippen molar-refractivity contribution in [2.75, 3.05) is 14.2 Å². The molecule has 0 aliphatic rings. The molecule has 0 bridgehead atoms. The van der Waals surface area contributed by atoms with Crippen molar-refractivity contribution in [2.24, 2.45) is 0 Å². The van der Waals surface area contributed by atoms with E-state index in [9.17, 15) is 4.79 Å². The van der Waals surface area contributed by atoms with Gasteiger partial charge < -0.3 is 13.9 Å². The van der Waals surface area contributed by atoms with E-state index in [0.717, 1.165) is 16.8 Å². The van der Waals surface area contributed by atoms with Gasteiger partial charge in [0.05, 0.1) is 42.9 Å². The van der Waals surface area contributed by atoms with Crippen molar-refractivity contribution >= 4 is 22.7 Å². The van der Waals surface area contributed by atoms with E-state index in [1.165, 1.54) is 11.8 Å². The lowest BCUT2D eigenvalue weighted by atomic mass is 10.2. The Kier molecular flexibility index (Phi) is 6.73. The quantitative estimate of drug-likeness (QED) is 0.214. The van der Waals surface area contributed by atoms with Crippen LogP contribution in [0.15, 0.2) is 81.4 Å². The van der Waals surface area contributed by atoms with Crippen molar-refractivity contribution in [1.29, 1.82) is 0 Å². The minimum atomic E-state index is -0.0903. The third kappa shape index (κ3) is 4.70. The van der Waals surface area contributed by atoms with Gasteiger partial charge >= 0.3 is 0 Å². The first kappa shape index (κ1) is 23.6. The normalized spacial score (nSPS) is 11.1. The van der Waals surface area contributed by atoms with E-state index in [-0.39, 0.29) is 5.56 Å². The predicted octanol–water partition coefficient (Wildman–Crippen LogP) is 5.11. The topological polar surface area (TPSA) is 92.3 Å². The summed E-state index contributed by atoms with van der Waals surface area (Å²) in [6, 6.07) is 16.7. The van der Waals surface area contributed by atoms with Crippen LogP contribution >= 0.6 is 11.8 Å². The predicted molar refractivity (Wildman–Crippen MR) is 139 cm³/mol. The Morgan fingerprint density at radius 3 is 2.67 bits per heavy atom. The zero-order valence-electron chi connectivity index (χ0n) is 20.1. The monoisotopic (exact) mass is 500 g/mol. The van der Waals surface area contributed by atoms with Crippen LogP contribution in [0.5, 0.6) is 11.5 Å². The molecular formula is C27H24N4O4S. The summed E-state index contributed by atoms with van der Waals surface area (Å²) in [5, 5.41) is 1.19. The number of aromatic nitrogens is 4. The highest BCUT2D eigenvalue weighted by Crippen LogP contribution is 2.34. The maximum absolute atomic E-state index is 13.4. The highest BCUT2D eigenvalue weighted by atomic mass is 32.2. The van der Waals surface area contributed by atoms with Crippen molar-refractivity contribution in [3.63, 3.8) is 0 Å². The third-order valence-corrected chi connectivity index (χ3v) is 6.75. The maximum atomic E-state index is 13.4. The molecule has 3 heterocycles. The van der Waals surface area contributed by atoms with Crippen molar-refractivity contribution in [3.8, 4) is 23.0 Å². The lowest BCUT2D eigenvalue weighted by molar-refractivity contribution is 0.394. The number of ether oxygens (including phenoxy) is 2. The Morgan fingerprint density at radius 2 is 1.89 bits per heavy atom. The molecule has 5 aromatic rings. The number of hydrogen-bond acceptors (Lipinski definition) is 8. The van der Waals surface area contributed by atoms with E-state index in [1.54, 1.807) is 43.3 Å². The molecule has 8 nitrogen and oxygen atoms in total. The molecular weight excluding hydrogens is 476 g/mol. The molecule has 0 aliphatic heterocycles. The van der Waals surface area contributed by atoms with Gasteiger partial charge in [-0.2, -0.15) is 0 Å². The van der Waals surface area contributed by atoms with E-state index in [2.05, 4.69) is 4.98 Å². The van der Waals surface area contributed by atoms with Gasteiger partial charge in [-0.1, -0.05) is 30.0 Å². The van der Waals surface area contributed by atoms with Crippen LogP contribution in [0.4, 0.5) is 0 Å². The van der Waals surface area contributed by atoms with E-state index in [4.69, 9.17) is 23.9 Å². The number of methoxy groups -OCH3 is 2. The number of aryl methyl sites for hydroxylation is 1. The zero-order valence-corrected chi connectivity index (χ0v) is 20.9. The minimum Gasteiger partial charge on any atom is -0.497 e.